The van der Waals surface area contributed by atoms with Gasteiger partial charge < -0.3 is 10.4 Å². The fourth-order valence-corrected chi connectivity index (χ4v) is 2.42. The summed E-state index contributed by atoms with van der Waals surface area (Å²) < 4.78 is 0. The monoisotopic (exact) mass is 239 g/mol. The highest BCUT2D eigenvalue weighted by Gasteiger charge is 2.23. The van der Waals surface area contributed by atoms with Crippen LogP contribution in [0.2, 0.25) is 5.02 Å². The van der Waals surface area contributed by atoms with Crippen LogP contribution in [-0.4, -0.2) is 17.3 Å². The molecule has 1 aliphatic rings. The van der Waals surface area contributed by atoms with E-state index >= 15 is 0 Å². The van der Waals surface area contributed by atoms with Crippen molar-refractivity contribution in [1.29, 1.82) is 0 Å². The minimum Gasteiger partial charge on any atom is -0.391 e. The first kappa shape index (κ1) is 11.7. The fourth-order valence-electron chi connectivity index (χ4n) is 2.24. The molecule has 1 aromatic carbocycles. The van der Waals surface area contributed by atoms with Gasteiger partial charge in [0.05, 0.1) is 12.1 Å². The summed E-state index contributed by atoms with van der Waals surface area (Å²) in [4.78, 5) is 0. The summed E-state index contributed by atoms with van der Waals surface area (Å²) >= 11 is 6.07. The highest BCUT2D eigenvalue weighted by Crippen LogP contribution is 2.27. The van der Waals surface area contributed by atoms with Crippen LogP contribution in [0, 0.1) is 6.92 Å². The molecule has 1 aliphatic carbocycles. The average molecular weight is 240 g/mol. The number of aliphatic hydroxyl groups excluding tert-OH is 1. The molecule has 0 spiro atoms. The molecule has 2 rings (SSSR count). The van der Waals surface area contributed by atoms with Crippen molar-refractivity contribution < 1.29 is 5.11 Å². The number of hydrogen-bond acceptors (Lipinski definition) is 2. The summed E-state index contributed by atoms with van der Waals surface area (Å²) in [5.41, 5.74) is 2.10. The first-order chi connectivity index (χ1) is 7.68. The van der Waals surface area contributed by atoms with Crippen molar-refractivity contribution in [3.63, 3.8) is 0 Å². The minimum atomic E-state index is -0.230. The lowest BCUT2D eigenvalue weighted by molar-refractivity contribution is 0.116. The predicted octanol–water partition coefficient (Wildman–Crippen LogP) is 3.36. The zero-order valence-electron chi connectivity index (χ0n) is 9.54. The molecule has 0 saturated heterocycles. The second kappa shape index (κ2) is 5.07. The van der Waals surface area contributed by atoms with Crippen molar-refractivity contribution in [2.75, 3.05) is 5.32 Å². The van der Waals surface area contributed by atoms with Crippen molar-refractivity contribution in [2.45, 2.75) is 44.8 Å². The van der Waals surface area contributed by atoms with Gasteiger partial charge >= 0.3 is 0 Å². The summed E-state index contributed by atoms with van der Waals surface area (Å²) in [6, 6.07) is 6.01. The number of nitrogens with one attached hydrogen (secondary N) is 1. The molecule has 1 aromatic rings. The van der Waals surface area contributed by atoms with E-state index in [4.69, 9.17) is 11.6 Å². The Balaban J connectivity index is 2.10. The maximum Gasteiger partial charge on any atom is 0.0741 e. The molecule has 3 heteroatoms. The third-order valence-electron chi connectivity index (χ3n) is 3.34. The number of rotatable bonds is 2. The second-order valence-corrected chi connectivity index (χ2v) is 4.92. The summed E-state index contributed by atoms with van der Waals surface area (Å²) in [5, 5.41) is 14.1. The topological polar surface area (TPSA) is 32.3 Å². The molecule has 2 unspecified atom stereocenters. The van der Waals surface area contributed by atoms with Crippen LogP contribution in [0.4, 0.5) is 5.69 Å². The molecule has 0 aromatic heterocycles. The Kier molecular flexibility index (Phi) is 3.72. The van der Waals surface area contributed by atoms with Gasteiger partial charge in [-0.3, -0.25) is 0 Å². The van der Waals surface area contributed by atoms with Gasteiger partial charge in [-0.25, -0.2) is 0 Å². The van der Waals surface area contributed by atoms with Gasteiger partial charge in [-0.1, -0.05) is 30.5 Å². The van der Waals surface area contributed by atoms with E-state index in [9.17, 15) is 5.11 Å². The van der Waals surface area contributed by atoms with E-state index < -0.39 is 0 Å². The van der Waals surface area contributed by atoms with Crippen molar-refractivity contribution in [1.82, 2.24) is 0 Å². The van der Waals surface area contributed by atoms with E-state index in [0.29, 0.717) is 0 Å². The molecule has 0 amide bonds. The molecule has 0 aliphatic heterocycles. The van der Waals surface area contributed by atoms with Gasteiger partial charge in [0, 0.05) is 10.7 Å². The quantitative estimate of drug-likeness (QED) is 0.830. The zero-order chi connectivity index (χ0) is 11.5. The minimum absolute atomic E-state index is 0.172. The molecule has 0 heterocycles. The average Bonchev–Trinajstić information content (AvgIpc) is 2.28. The van der Waals surface area contributed by atoms with E-state index in [-0.39, 0.29) is 12.1 Å². The first-order valence-electron chi connectivity index (χ1n) is 5.88. The summed E-state index contributed by atoms with van der Waals surface area (Å²) in [5.74, 6) is 0. The smallest absolute Gasteiger partial charge is 0.0741 e. The van der Waals surface area contributed by atoms with Crippen LogP contribution in [-0.2, 0) is 0 Å². The summed E-state index contributed by atoms with van der Waals surface area (Å²) in [7, 11) is 0. The molecule has 0 bridgehead atoms. The van der Waals surface area contributed by atoms with Gasteiger partial charge in [0.25, 0.3) is 0 Å². The van der Waals surface area contributed by atoms with E-state index in [1.54, 1.807) is 0 Å². The lowest BCUT2D eigenvalue weighted by atomic mass is 9.92. The molecule has 16 heavy (non-hydrogen) atoms. The standard InChI is InChI=1S/C13H18ClNO/c1-9-10(14)5-4-7-11(9)15-12-6-2-3-8-13(12)16/h4-5,7,12-13,15-16H,2-3,6,8H2,1H3. The molecule has 88 valence electrons. The highest BCUT2D eigenvalue weighted by molar-refractivity contribution is 6.31. The van der Waals surface area contributed by atoms with Crippen LogP contribution >= 0.6 is 11.6 Å². The lowest BCUT2D eigenvalue weighted by Crippen LogP contribution is -2.36. The van der Waals surface area contributed by atoms with E-state index in [1.807, 2.05) is 25.1 Å². The van der Waals surface area contributed by atoms with Crippen LogP contribution in [0.3, 0.4) is 0 Å². The van der Waals surface area contributed by atoms with E-state index in [2.05, 4.69) is 5.32 Å². The molecular weight excluding hydrogens is 222 g/mol. The molecule has 1 fully saturated rings. The van der Waals surface area contributed by atoms with Gasteiger partial charge in [-0.2, -0.15) is 0 Å². The largest absolute Gasteiger partial charge is 0.391 e. The predicted molar refractivity (Wildman–Crippen MR) is 68.1 cm³/mol. The number of anilines is 1. The molecule has 2 N–H and O–H groups in total. The van der Waals surface area contributed by atoms with Gasteiger partial charge in [0.2, 0.25) is 0 Å². The van der Waals surface area contributed by atoms with Crippen LogP contribution in [0.5, 0.6) is 0 Å². The summed E-state index contributed by atoms with van der Waals surface area (Å²) in [6.07, 6.45) is 4.03. The second-order valence-electron chi connectivity index (χ2n) is 4.52. The molecule has 0 radical (unpaired) electrons. The maximum absolute atomic E-state index is 9.89. The fraction of sp³-hybridized carbons (Fsp3) is 0.538. The number of benzene rings is 1. The Labute approximate surface area is 102 Å². The normalized spacial score (nSPS) is 25.4. The highest BCUT2D eigenvalue weighted by atomic mass is 35.5. The third kappa shape index (κ3) is 2.50. The molecular formula is C13H18ClNO. The van der Waals surface area contributed by atoms with E-state index in [1.165, 1.54) is 6.42 Å². The van der Waals surface area contributed by atoms with Gasteiger partial charge in [-0.05, 0) is 37.5 Å². The van der Waals surface area contributed by atoms with Crippen LogP contribution in [0.25, 0.3) is 0 Å². The lowest BCUT2D eigenvalue weighted by Gasteiger charge is -2.29. The van der Waals surface area contributed by atoms with Crippen LogP contribution in [0.1, 0.15) is 31.2 Å². The molecule has 2 nitrogen and oxygen atoms in total. The van der Waals surface area contributed by atoms with Gasteiger partial charge in [0.1, 0.15) is 0 Å². The number of halogens is 1. The van der Waals surface area contributed by atoms with Gasteiger partial charge in [0.15, 0.2) is 0 Å². The molecule has 2 atom stereocenters. The Hall–Kier alpha value is -0.730. The Morgan fingerprint density at radius 2 is 2.06 bits per heavy atom. The van der Waals surface area contributed by atoms with Gasteiger partial charge in [-0.15, -0.1) is 0 Å². The Morgan fingerprint density at radius 3 is 2.81 bits per heavy atom. The SMILES string of the molecule is Cc1c(Cl)cccc1NC1CCCCC1O. The maximum atomic E-state index is 9.89. The van der Waals surface area contributed by atoms with E-state index in [0.717, 1.165) is 35.5 Å². The van der Waals surface area contributed by atoms with Crippen LogP contribution < -0.4 is 5.32 Å². The zero-order valence-corrected chi connectivity index (χ0v) is 10.3. The Bertz CT molecular complexity index is 367. The molecule has 1 saturated carbocycles. The third-order valence-corrected chi connectivity index (χ3v) is 3.75. The van der Waals surface area contributed by atoms with Crippen molar-refractivity contribution >= 4 is 17.3 Å². The number of hydrogen-bond donors (Lipinski definition) is 2. The van der Waals surface area contributed by atoms with Crippen molar-refractivity contribution in [3.8, 4) is 0 Å². The summed E-state index contributed by atoms with van der Waals surface area (Å²) in [6.45, 7) is 2.00. The van der Waals surface area contributed by atoms with Crippen LogP contribution in [0.15, 0.2) is 18.2 Å². The van der Waals surface area contributed by atoms with Crippen molar-refractivity contribution in [3.05, 3.63) is 28.8 Å². The first-order valence-corrected chi connectivity index (χ1v) is 6.26. The Morgan fingerprint density at radius 1 is 1.31 bits per heavy atom. The van der Waals surface area contributed by atoms with Crippen molar-refractivity contribution in [2.24, 2.45) is 0 Å². The number of aliphatic hydroxyl groups is 1.